The lowest BCUT2D eigenvalue weighted by atomic mass is 10.0. The Labute approximate surface area is 190 Å². The van der Waals surface area contributed by atoms with Crippen molar-refractivity contribution in [2.75, 3.05) is 38.8 Å². The summed E-state index contributed by atoms with van der Waals surface area (Å²) in [5, 5.41) is 8.02. The van der Waals surface area contributed by atoms with Crippen LogP contribution in [0, 0.1) is 5.92 Å². The van der Waals surface area contributed by atoms with Crippen molar-refractivity contribution in [3.05, 3.63) is 45.9 Å². The summed E-state index contributed by atoms with van der Waals surface area (Å²) >= 11 is 1.37. The highest BCUT2D eigenvalue weighted by Gasteiger charge is 2.22. The Kier molecular flexibility index (Phi) is 6.59. The van der Waals surface area contributed by atoms with Crippen molar-refractivity contribution < 1.29 is 14.3 Å². The smallest absolute Gasteiger partial charge is 0.288 e. The number of hydrogen-bond donors (Lipinski definition) is 1. The quantitative estimate of drug-likeness (QED) is 0.582. The third-order valence-corrected chi connectivity index (χ3v) is 6.61. The topological polar surface area (TPSA) is 98.1 Å². The summed E-state index contributed by atoms with van der Waals surface area (Å²) in [5.41, 5.74) is 0.453. The fraction of sp³-hybridized carbons (Fsp3) is 0.455. The number of carbonyl (C=O) groups is 1. The minimum absolute atomic E-state index is 0.0203. The highest BCUT2D eigenvalue weighted by molar-refractivity contribution is 7.20. The minimum atomic E-state index is -0.467. The summed E-state index contributed by atoms with van der Waals surface area (Å²) in [4.78, 5) is 32.5. The standard InChI is InChI=1S/C22H27N5O4S/c1-14-5-4-10-26(13-14)22-25-27-20(29)17(12-24-21(27)32-22)19(28)23-9-8-15-6-7-16(30-2)11-18(15)31-3/h6-7,11-12,14H,4-5,8-10,13H2,1-3H3,(H,23,28)/t14-/m1/s1. The lowest BCUT2D eigenvalue weighted by Gasteiger charge is -2.30. The molecule has 9 nitrogen and oxygen atoms in total. The molecule has 1 N–H and O–H groups in total. The van der Waals surface area contributed by atoms with Gasteiger partial charge >= 0.3 is 0 Å². The van der Waals surface area contributed by atoms with Gasteiger partial charge in [0.15, 0.2) is 0 Å². The van der Waals surface area contributed by atoms with Crippen molar-refractivity contribution in [1.82, 2.24) is 19.9 Å². The molecule has 1 aromatic carbocycles. The summed E-state index contributed by atoms with van der Waals surface area (Å²) in [7, 11) is 3.18. The molecule has 0 unspecified atom stereocenters. The van der Waals surface area contributed by atoms with Crippen molar-refractivity contribution in [3.8, 4) is 11.5 Å². The molecular formula is C22H27N5O4S. The molecule has 0 spiro atoms. The van der Waals surface area contributed by atoms with E-state index < -0.39 is 11.5 Å². The number of hydrogen-bond acceptors (Lipinski definition) is 8. The first-order valence-corrected chi connectivity index (χ1v) is 11.4. The van der Waals surface area contributed by atoms with Crippen molar-refractivity contribution in [2.24, 2.45) is 5.92 Å². The predicted octanol–water partition coefficient (Wildman–Crippen LogP) is 2.38. The summed E-state index contributed by atoms with van der Waals surface area (Å²) < 4.78 is 11.8. The van der Waals surface area contributed by atoms with E-state index >= 15 is 0 Å². The molecule has 1 fully saturated rings. The van der Waals surface area contributed by atoms with Crippen LogP contribution in [0.1, 0.15) is 35.7 Å². The Morgan fingerprint density at radius 2 is 2.16 bits per heavy atom. The maximum absolute atomic E-state index is 12.9. The van der Waals surface area contributed by atoms with E-state index in [9.17, 15) is 9.59 Å². The number of anilines is 1. The van der Waals surface area contributed by atoms with Gasteiger partial charge in [0.25, 0.3) is 11.5 Å². The number of benzene rings is 1. The highest BCUT2D eigenvalue weighted by atomic mass is 32.1. The van der Waals surface area contributed by atoms with Crippen LogP contribution in [0.25, 0.3) is 4.96 Å². The summed E-state index contributed by atoms with van der Waals surface area (Å²) in [6.45, 7) is 4.39. The first-order valence-electron chi connectivity index (χ1n) is 10.6. The van der Waals surface area contributed by atoms with Crippen molar-refractivity contribution in [2.45, 2.75) is 26.2 Å². The number of nitrogens with one attached hydrogen (secondary N) is 1. The van der Waals surface area contributed by atoms with E-state index in [2.05, 4.69) is 27.2 Å². The molecule has 3 aromatic rings. The molecule has 3 heterocycles. The number of nitrogens with zero attached hydrogens (tertiary/aromatic N) is 4. The van der Waals surface area contributed by atoms with E-state index in [-0.39, 0.29) is 5.56 Å². The van der Waals surface area contributed by atoms with Crippen molar-refractivity contribution in [3.63, 3.8) is 0 Å². The molecule has 1 aliphatic rings. The molecule has 0 saturated carbocycles. The Hall–Kier alpha value is -3.14. The van der Waals surface area contributed by atoms with Crippen LogP contribution in [-0.2, 0) is 6.42 Å². The average molecular weight is 458 g/mol. The molecule has 1 amide bonds. The third kappa shape index (κ3) is 4.55. The number of amides is 1. The van der Waals surface area contributed by atoms with Gasteiger partial charge in [0.1, 0.15) is 17.1 Å². The van der Waals surface area contributed by atoms with Crippen LogP contribution in [0.4, 0.5) is 5.13 Å². The van der Waals surface area contributed by atoms with Crippen LogP contribution < -0.4 is 25.2 Å². The normalized spacial score (nSPS) is 16.2. The van der Waals surface area contributed by atoms with Gasteiger partial charge < -0.3 is 19.7 Å². The van der Waals surface area contributed by atoms with Gasteiger partial charge in [-0.25, -0.2) is 4.98 Å². The number of methoxy groups -OCH3 is 2. The molecular weight excluding hydrogens is 430 g/mol. The highest BCUT2D eigenvalue weighted by Crippen LogP contribution is 2.27. The molecule has 4 rings (SSSR count). The Bertz CT molecular complexity index is 1170. The SMILES string of the molecule is COc1ccc(CCNC(=O)c2cnc3sc(N4CCC[C@@H](C)C4)nn3c2=O)c(OC)c1. The first kappa shape index (κ1) is 22.1. The maximum Gasteiger partial charge on any atom is 0.288 e. The van der Waals surface area contributed by atoms with Crippen molar-refractivity contribution >= 4 is 27.3 Å². The monoisotopic (exact) mass is 457 g/mol. The molecule has 1 saturated heterocycles. The lowest BCUT2D eigenvalue weighted by molar-refractivity contribution is 0.0952. The molecule has 0 bridgehead atoms. The Morgan fingerprint density at radius 3 is 2.91 bits per heavy atom. The maximum atomic E-state index is 12.9. The van der Waals surface area contributed by atoms with E-state index in [4.69, 9.17) is 9.47 Å². The molecule has 10 heteroatoms. The van der Waals surface area contributed by atoms with Gasteiger partial charge in [-0.05, 0) is 36.8 Å². The van der Waals surface area contributed by atoms with Gasteiger partial charge in [0.05, 0.1) is 14.2 Å². The van der Waals surface area contributed by atoms with Crippen LogP contribution in [0.15, 0.2) is 29.2 Å². The number of ether oxygens (including phenoxy) is 2. The van der Waals surface area contributed by atoms with E-state index in [0.717, 1.165) is 30.2 Å². The zero-order chi connectivity index (χ0) is 22.7. The molecule has 1 aliphatic heterocycles. The second kappa shape index (κ2) is 9.56. The van der Waals surface area contributed by atoms with E-state index in [0.29, 0.717) is 35.3 Å². The summed E-state index contributed by atoms with van der Waals surface area (Å²) in [6.07, 6.45) is 4.18. The van der Waals surface area contributed by atoms with Gasteiger partial charge in [0.2, 0.25) is 10.1 Å². The number of rotatable bonds is 7. The van der Waals surface area contributed by atoms with Gasteiger partial charge in [0, 0.05) is 31.9 Å². The van der Waals surface area contributed by atoms with Crippen LogP contribution in [0.3, 0.4) is 0 Å². The van der Waals surface area contributed by atoms with Gasteiger partial charge in [-0.15, -0.1) is 5.10 Å². The van der Waals surface area contributed by atoms with Crippen LogP contribution in [-0.4, -0.2) is 54.4 Å². The van der Waals surface area contributed by atoms with E-state index in [1.807, 2.05) is 12.1 Å². The second-order valence-electron chi connectivity index (χ2n) is 7.93. The van der Waals surface area contributed by atoms with Gasteiger partial charge in [-0.2, -0.15) is 4.52 Å². The molecule has 0 aliphatic carbocycles. The van der Waals surface area contributed by atoms with Crippen LogP contribution >= 0.6 is 11.3 Å². The van der Waals surface area contributed by atoms with Crippen LogP contribution in [0.2, 0.25) is 0 Å². The second-order valence-corrected chi connectivity index (χ2v) is 8.87. The Balaban J connectivity index is 1.46. The third-order valence-electron chi connectivity index (χ3n) is 5.62. The van der Waals surface area contributed by atoms with Gasteiger partial charge in [-0.3, -0.25) is 9.59 Å². The van der Waals surface area contributed by atoms with Gasteiger partial charge in [-0.1, -0.05) is 24.3 Å². The number of fused-ring (bicyclic) bond motifs is 1. The first-order chi connectivity index (χ1) is 15.5. The number of piperidine rings is 1. The largest absolute Gasteiger partial charge is 0.497 e. The number of carbonyl (C=O) groups excluding carboxylic acids is 1. The molecule has 2 aromatic heterocycles. The van der Waals surface area contributed by atoms with Crippen LogP contribution in [0.5, 0.6) is 11.5 Å². The average Bonchev–Trinajstić information content (AvgIpc) is 3.25. The minimum Gasteiger partial charge on any atom is -0.497 e. The zero-order valence-corrected chi connectivity index (χ0v) is 19.3. The predicted molar refractivity (Wildman–Crippen MR) is 123 cm³/mol. The summed E-state index contributed by atoms with van der Waals surface area (Å²) in [5.74, 6) is 1.50. The molecule has 170 valence electrons. The molecule has 32 heavy (non-hydrogen) atoms. The van der Waals surface area contributed by atoms with E-state index in [1.165, 1.54) is 28.5 Å². The van der Waals surface area contributed by atoms with E-state index in [1.54, 1.807) is 20.3 Å². The lowest BCUT2D eigenvalue weighted by Crippen LogP contribution is -2.35. The fourth-order valence-electron chi connectivity index (χ4n) is 3.89. The van der Waals surface area contributed by atoms with Crippen molar-refractivity contribution in [1.29, 1.82) is 0 Å². The number of aromatic nitrogens is 3. The zero-order valence-electron chi connectivity index (χ0n) is 18.5. The molecule has 1 atom stereocenters. The fourth-order valence-corrected chi connectivity index (χ4v) is 4.78. The summed E-state index contributed by atoms with van der Waals surface area (Å²) in [6, 6.07) is 5.53. The molecule has 0 radical (unpaired) electrons. The Morgan fingerprint density at radius 1 is 1.31 bits per heavy atom.